The summed E-state index contributed by atoms with van der Waals surface area (Å²) in [4.78, 5) is 20.5. The van der Waals surface area contributed by atoms with Crippen molar-refractivity contribution in [3.8, 4) is 0 Å². The van der Waals surface area contributed by atoms with Crippen LogP contribution in [0.25, 0.3) is 0 Å². The van der Waals surface area contributed by atoms with Gasteiger partial charge in [0.25, 0.3) is 0 Å². The topological polar surface area (TPSA) is 69.2 Å². The van der Waals surface area contributed by atoms with Crippen molar-refractivity contribution in [1.82, 2.24) is 15.5 Å². The number of anilines is 1. The fourth-order valence-electron chi connectivity index (χ4n) is 4.28. The number of hydrogen-bond acceptors (Lipinski definition) is 4. The van der Waals surface area contributed by atoms with Gasteiger partial charge in [-0.05, 0) is 30.5 Å². The van der Waals surface area contributed by atoms with Crippen LogP contribution in [0.3, 0.4) is 0 Å². The quantitative estimate of drug-likeness (QED) is 0.608. The molecule has 0 bridgehead atoms. The molecule has 1 aromatic rings. The number of benzene rings is 1. The van der Waals surface area contributed by atoms with Gasteiger partial charge < -0.3 is 25.2 Å². The number of hydrogen-bond donors (Lipinski definition) is 2. The number of carbonyl (C=O) groups is 1. The molecule has 3 aliphatic rings. The molecule has 0 saturated carbocycles. The molecule has 146 valence electrons. The molecule has 1 unspecified atom stereocenters. The molecule has 7 nitrogen and oxygen atoms in total. The second-order valence-electron chi connectivity index (χ2n) is 7.81. The highest BCUT2D eigenvalue weighted by Crippen LogP contribution is 2.38. The summed E-state index contributed by atoms with van der Waals surface area (Å²) in [6.45, 7) is 6.60. The van der Waals surface area contributed by atoms with Gasteiger partial charge in [0.05, 0.1) is 13.2 Å². The van der Waals surface area contributed by atoms with Crippen LogP contribution in [-0.4, -0.2) is 69.8 Å². The van der Waals surface area contributed by atoms with Crippen LogP contribution >= 0.6 is 0 Å². The predicted molar refractivity (Wildman–Crippen MR) is 106 cm³/mol. The fourth-order valence-corrected chi connectivity index (χ4v) is 4.28. The van der Waals surface area contributed by atoms with Crippen molar-refractivity contribution in [3.63, 3.8) is 0 Å². The summed E-state index contributed by atoms with van der Waals surface area (Å²) in [5, 5.41) is 6.36. The highest BCUT2D eigenvalue weighted by molar-refractivity contribution is 5.82. The van der Waals surface area contributed by atoms with Gasteiger partial charge in [-0.15, -0.1) is 0 Å². The summed E-state index contributed by atoms with van der Waals surface area (Å²) in [6.07, 6.45) is 2.35. The van der Waals surface area contributed by atoms with Gasteiger partial charge in [-0.3, -0.25) is 9.79 Å². The van der Waals surface area contributed by atoms with Gasteiger partial charge in [0.2, 0.25) is 5.91 Å². The van der Waals surface area contributed by atoms with Crippen molar-refractivity contribution >= 4 is 17.6 Å². The minimum Gasteiger partial charge on any atom is -0.381 e. The number of aliphatic imine (C=N–C) groups is 1. The second kappa shape index (κ2) is 7.76. The molecule has 1 atom stereocenters. The molecule has 1 spiro atoms. The van der Waals surface area contributed by atoms with Crippen molar-refractivity contribution in [2.75, 3.05) is 57.9 Å². The molecule has 27 heavy (non-hydrogen) atoms. The number of piperazine rings is 1. The van der Waals surface area contributed by atoms with Gasteiger partial charge in [-0.1, -0.05) is 12.1 Å². The zero-order valence-corrected chi connectivity index (χ0v) is 16.0. The number of carbonyl (C=O) groups excluding carboxylic acids is 1. The van der Waals surface area contributed by atoms with Gasteiger partial charge in [0.1, 0.15) is 0 Å². The number of nitrogens with one attached hydrogen (secondary N) is 2. The first-order valence-corrected chi connectivity index (χ1v) is 9.81. The summed E-state index contributed by atoms with van der Waals surface area (Å²) < 4.78 is 5.63. The third kappa shape index (κ3) is 4.03. The van der Waals surface area contributed by atoms with Crippen molar-refractivity contribution in [1.29, 1.82) is 0 Å². The van der Waals surface area contributed by atoms with Crippen LogP contribution in [0.4, 0.5) is 5.69 Å². The van der Waals surface area contributed by atoms with Crippen LogP contribution in [0.5, 0.6) is 0 Å². The van der Waals surface area contributed by atoms with Crippen LogP contribution in [-0.2, 0) is 16.1 Å². The van der Waals surface area contributed by atoms with Crippen molar-refractivity contribution in [2.45, 2.75) is 19.4 Å². The number of nitrogens with zero attached hydrogens (tertiary/aromatic N) is 3. The minimum atomic E-state index is 0.0897. The molecule has 0 aromatic heterocycles. The van der Waals surface area contributed by atoms with Gasteiger partial charge >= 0.3 is 0 Å². The Morgan fingerprint density at radius 3 is 2.85 bits per heavy atom. The van der Waals surface area contributed by atoms with Crippen LogP contribution in [0.15, 0.2) is 29.3 Å². The molecule has 7 heteroatoms. The third-order valence-electron chi connectivity index (χ3n) is 5.93. The van der Waals surface area contributed by atoms with Crippen LogP contribution in [0.1, 0.15) is 18.4 Å². The SMILES string of the molecule is CN=C(NCc1ccc(N2CCNC(=O)C2)cc1)N1CCC2(CCOC2)C1. The van der Waals surface area contributed by atoms with E-state index < -0.39 is 0 Å². The number of guanidine groups is 1. The van der Waals surface area contributed by atoms with Crippen molar-refractivity contribution < 1.29 is 9.53 Å². The Morgan fingerprint density at radius 1 is 1.30 bits per heavy atom. The fraction of sp³-hybridized carbons (Fsp3) is 0.600. The lowest BCUT2D eigenvalue weighted by molar-refractivity contribution is -0.120. The monoisotopic (exact) mass is 371 g/mol. The van der Waals surface area contributed by atoms with E-state index >= 15 is 0 Å². The lowest BCUT2D eigenvalue weighted by Crippen LogP contribution is -2.47. The Hall–Kier alpha value is -2.28. The van der Waals surface area contributed by atoms with E-state index in [2.05, 4.69) is 49.7 Å². The summed E-state index contributed by atoms with van der Waals surface area (Å²) in [5.41, 5.74) is 2.64. The summed E-state index contributed by atoms with van der Waals surface area (Å²) in [6, 6.07) is 8.44. The Bertz CT molecular complexity index is 697. The molecule has 3 aliphatic heterocycles. The Kier molecular flexibility index (Phi) is 5.20. The molecule has 0 aliphatic carbocycles. The van der Waals surface area contributed by atoms with Crippen LogP contribution in [0, 0.1) is 5.41 Å². The maximum atomic E-state index is 11.6. The molecule has 2 N–H and O–H groups in total. The number of likely N-dealkylation sites (tertiary alicyclic amines) is 1. The summed E-state index contributed by atoms with van der Waals surface area (Å²) in [5.74, 6) is 1.06. The predicted octanol–water partition coefficient (Wildman–Crippen LogP) is 0.811. The van der Waals surface area contributed by atoms with E-state index in [9.17, 15) is 4.79 Å². The maximum Gasteiger partial charge on any atom is 0.239 e. The van der Waals surface area contributed by atoms with E-state index in [1.165, 1.54) is 12.0 Å². The molecule has 0 radical (unpaired) electrons. The molecule has 3 saturated heterocycles. The lowest BCUT2D eigenvalue weighted by Gasteiger charge is -2.28. The Labute approximate surface area is 160 Å². The van der Waals surface area contributed by atoms with Crippen LogP contribution < -0.4 is 15.5 Å². The largest absolute Gasteiger partial charge is 0.381 e. The van der Waals surface area contributed by atoms with Crippen LogP contribution in [0.2, 0.25) is 0 Å². The number of ether oxygens (including phenoxy) is 1. The van der Waals surface area contributed by atoms with E-state index in [4.69, 9.17) is 4.74 Å². The van der Waals surface area contributed by atoms with Crippen molar-refractivity contribution in [2.24, 2.45) is 10.4 Å². The van der Waals surface area contributed by atoms with Gasteiger partial charge in [0, 0.05) is 57.5 Å². The molecule has 1 amide bonds. The van der Waals surface area contributed by atoms with Gasteiger partial charge in [-0.2, -0.15) is 0 Å². The Balaban J connectivity index is 1.32. The molecule has 4 rings (SSSR count). The first-order chi connectivity index (χ1) is 13.2. The van der Waals surface area contributed by atoms with Gasteiger partial charge in [-0.25, -0.2) is 0 Å². The zero-order valence-electron chi connectivity index (χ0n) is 16.0. The van der Waals surface area contributed by atoms with Gasteiger partial charge in [0.15, 0.2) is 5.96 Å². The third-order valence-corrected chi connectivity index (χ3v) is 5.93. The molecular formula is C20H29N5O2. The maximum absolute atomic E-state index is 11.6. The molecule has 3 fully saturated rings. The first-order valence-electron chi connectivity index (χ1n) is 9.81. The molecule has 1 aromatic carbocycles. The van der Waals surface area contributed by atoms with E-state index in [0.29, 0.717) is 18.5 Å². The minimum absolute atomic E-state index is 0.0897. The van der Waals surface area contributed by atoms with Crippen molar-refractivity contribution in [3.05, 3.63) is 29.8 Å². The summed E-state index contributed by atoms with van der Waals surface area (Å²) >= 11 is 0. The molecular weight excluding hydrogens is 342 g/mol. The van der Waals surface area contributed by atoms with E-state index in [1.54, 1.807) is 0 Å². The highest BCUT2D eigenvalue weighted by Gasteiger charge is 2.42. The molecule has 3 heterocycles. The Morgan fingerprint density at radius 2 is 2.15 bits per heavy atom. The standard InChI is InChI=1S/C20H29N5O2/c1-21-19(25-9-6-20(14-25)7-11-27-15-20)23-12-16-2-4-17(5-3-16)24-10-8-22-18(26)13-24/h2-5H,6-15H2,1H3,(H,21,23)(H,22,26). The highest BCUT2D eigenvalue weighted by atomic mass is 16.5. The average Bonchev–Trinajstić information content (AvgIpc) is 3.33. The zero-order chi connectivity index (χ0) is 18.7. The number of rotatable bonds is 3. The smallest absolute Gasteiger partial charge is 0.239 e. The average molecular weight is 371 g/mol. The van der Waals surface area contributed by atoms with E-state index in [-0.39, 0.29) is 5.91 Å². The lowest BCUT2D eigenvalue weighted by atomic mass is 9.87. The van der Waals surface area contributed by atoms with E-state index in [1.807, 2.05) is 7.05 Å². The first kappa shape index (κ1) is 18.1. The normalized spacial score (nSPS) is 26.0. The van der Waals surface area contributed by atoms with E-state index in [0.717, 1.165) is 57.5 Å². The number of amides is 1. The second-order valence-corrected chi connectivity index (χ2v) is 7.81. The summed E-state index contributed by atoms with van der Waals surface area (Å²) in [7, 11) is 1.85.